The Morgan fingerprint density at radius 2 is 1.78 bits per heavy atom. The van der Waals surface area contributed by atoms with Gasteiger partial charge in [-0.3, -0.25) is 4.79 Å². The molecule has 0 bridgehead atoms. The zero-order chi connectivity index (χ0) is 19.6. The average Bonchev–Trinajstić information content (AvgIpc) is 2.68. The van der Waals surface area contributed by atoms with E-state index in [0.29, 0.717) is 30.3 Å². The predicted molar refractivity (Wildman–Crippen MR) is 105 cm³/mol. The first-order valence-corrected chi connectivity index (χ1v) is 8.96. The first kappa shape index (κ1) is 20.1. The lowest BCUT2D eigenvalue weighted by Gasteiger charge is -2.14. The number of carbonyl (C=O) groups is 1. The van der Waals surface area contributed by atoms with Crippen molar-refractivity contribution < 1.29 is 14.3 Å². The van der Waals surface area contributed by atoms with E-state index in [9.17, 15) is 10.1 Å². The molecule has 0 radical (unpaired) electrons. The molecule has 1 N–H and O–H groups in total. The Morgan fingerprint density at radius 3 is 2.41 bits per heavy atom. The van der Waals surface area contributed by atoms with E-state index in [1.807, 2.05) is 57.2 Å². The molecular formula is C22H24N2O3. The molecule has 1 amide bonds. The molecule has 0 heterocycles. The summed E-state index contributed by atoms with van der Waals surface area (Å²) in [6, 6.07) is 16.7. The predicted octanol–water partition coefficient (Wildman–Crippen LogP) is 4.27. The van der Waals surface area contributed by atoms with Gasteiger partial charge >= 0.3 is 0 Å². The van der Waals surface area contributed by atoms with Crippen molar-refractivity contribution in [1.29, 1.82) is 5.26 Å². The van der Waals surface area contributed by atoms with Crippen LogP contribution in [-0.2, 0) is 4.79 Å². The quantitative estimate of drug-likeness (QED) is 0.561. The van der Waals surface area contributed by atoms with Gasteiger partial charge in [-0.1, -0.05) is 36.4 Å². The zero-order valence-corrected chi connectivity index (χ0v) is 15.9. The Balaban J connectivity index is 2.20. The summed E-state index contributed by atoms with van der Waals surface area (Å²) in [5.74, 6) is 0.807. The first-order chi connectivity index (χ1) is 13.1. The first-order valence-electron chi connectivity index (χ1n) is 8.96. The maximum Gasteiger partial charge on any atom is 0.262 e. The molecule has 0 saturated carbocycles. The number of nitriles is 1. The van der Waals surface area contributed by atoms with Crippen molar-refractivity contribution >= 4 is 12.0 Å². The van der Waals surface area contributed by atoms with Crippen molar-refractivity contribution in [2.24, 2.45) is 0 Å². The minimum absolute atomic E-state index is 0.0318. The molecule has 2 rings (SSSR count). The average molecular weight is 364 g/mol. The van der Waals surface area contributed by atoms with Gasteiger partial charge in [-0.2, -0.15) is 5.26 Å². The molecule has 0 saturated heterocycles. The third-order valence-electron chi connectivity index (χ3n) is 3.89. The molecule has 0 fully saturated rings. The summed E-state index contributed by atoms with van der Waals surface area (Å²) < 4.78 is 11.1. The van der Waals surface area contributed by atoms with Gasteiger partial charge in [-0.25, -0.2) is 0 Å². The van der Waals surface area contributed by atoms with E-state index in [-0.39, 0.29) is 11.6 Å². The minimum Gasteiger partial charge on any atom is -0.490 e. The van der Waals surface area contributed by atoms with Crippen molar-refractivity contribution in [3.8, 4) is 17.6 Å². The van der Waals surface area contributed by atoms with Crippen LogP contribution in [-0.4, -0.2) is 19.1 Å². The van der Waals surface area contributed by atoms with Crippen LogP contribution < -0.4 is 14.8 Å². The Hall–Kier alpha value is -3.26. The highest BCUT2D eigenvalue weighted by Gasteiger charge is 2.14. The van der Waals surface area contributed by atoms with Gasteiger partial charge < -0.3 is 14.8 Å². The van der Waals surface area contributed by atoms with Crippen LogP contribution in [0.1, 0.15) is 37.9 Å². The van der Waals surface area contributed by atoms with Gasteiger partial charge in [-0.15, -0.1) is 0 Å². The normalized spacial score (nSPS) is 12.0. The van der Waals surface area contributed by atoms with Gasteiger partial charge in [0.25, 0.3) is 5.91 Å². The Morgan fingerprint density at radius 1 is 1.11 bits per heavy atom. The summed E-state index contributed by atoms with van der Waals surface area (Å²) in [6.07, 6.45) is 1.55. The Labute approximate surface area is 160 Å². The van der Waals surface area contributed by atoms with Crippen LogP contribution in [0.3, 0.4) is 0 Å². The molecule has 0 spiro atoms. The highest BCUT2D eigenvalue weighted by Crippen LogP contribution is 2.29. The largest absolute Gasteiger partial charge is 0.490 e. The maximum absolute atomic E-state index is 12.5. The van der Waals surface area contributed by atoms with Crippen molar-refractivity contribution in [1.82, 2.24) is 5.32 Å². The lowest BCUT2D eigenvalue weighted by Crippen LogP contribution is -2.27. The van der Waals surface area contributed by atoms with Crippen molar-refractivity contribution in [2.45, 2.75) is 26.8 Å². The maximum atomic E-state index is 12.5. The number of rotatable bonds is 8. The van der Waals surface area contributed by atoms with Gasteiger partial charge in [-0.05, 0) is 50.1 Å². The lowest BCUT2D eigenvalue weighted by atomic mass is 10.1. The summed E-state index contributed by atoms with van der Waals surface area (Å²) in [5.41, 5.74) is 1.70. The molecule has 0 aliphatic heterocycles. The van der Waals surface area contributed by atoms with Crippen molar-refractivity contribution in [3.05, 3.63) is 65.2 Å². The van der Waals surface area contributed by atoms with Gasteiger partial charge in [0.15, 0.2) is 11.5 Å². The molecule has 0 unspecified atom stereocenters. The topological polar surface area (TPSA) is 71.3 Å². The highest BCUT2D eigenvalue weighted by atomic mass is 16.5. The molecule has 0 aromatic heterocycles. The number of nitrogens with zero attached hydrogens (tertiary/aromatic N) is 1. The van der Waals surface area contributed by atoms with Crippen LogP contribution >= 0.6 is 0 Å². The molecule has 2 aromatic rings. The van der Waals surface area contributed by atoms with Crippen LogP contribution in [0, 0.1) is 11.3 Å². The van der Waals surface area contributed by atoms with Crippen LogP contribution in [0.4, 0.5) is 0 Å². The number of nitrogens with one attached hydrogen (secondary N) is 1. The number of amides is 1. The number of hydrogen-bond acceptors (Lipinski definition) is 4. The molecular weight excluding hydrogens is 340 g/mol. The Bertz CT molecular complexity index is 838. The number of benzene rings is 2. The molecule has 5 nitrogen and oxygen atoms in total. The van der Waals surface area contributed by atoms with Gasteiger partial charge in [0.2, 0.25) is 0 Å². The number of hydrogen-bond donors (Lipinski definition) is 1. The molecule has 0 aliphatic carbocycles. The second-order valence-electron chi connectivity index (χ2n) is 5.85. The van der Waals surface area contributed by atoms with Gasteiger partial charge in [0, 0.05) is 0 Å². The smallest absolute Gasteiger partial charge is 0.262 e. The second-order valence-corrected chi connectivity index (χ2v) is 5.85. The van der Waals surface area contributed by atoms with E-state index in [2.05, 4.69) is 5.32 Å². The SMILES string of the molecule is CCOc1ccc(/C=C(\C#N)C(=O)N[C@H](C)c2ccccc2)cc1OCC. The summed E-state index contributed by atoms with van der Waals surface area (Å²) in [5, 5.41) is 12.3. The number of ether oxygens (including phenoxy) is 2. The fraction of sp³-hybridized carbons (Fsp3) is 0.273. The van der Waals surface area contributed by atoms with E-state index >= 15 is 0 Å². The summed E-state index contributed by atoms with van der Waals surface area (Å²) in [6.45, 7) is 6.69. The van der Waals surface area contributed by atoms with E-state index in [1.165, 1.54) is 0 Å². The van der Waals surface area contributed by atoms with E-state index in [0.717, 1.165) is 5.56 Å². The van der Waals surface area contributed by atoms with Gasteiger partial charge in [0.1, 0.15) is 11.6 Å². The molecule has 0 aliphatic rings. The molecule has 1 atom stereocenters. The summed E-state index contributed by atoms with van der Waals surface area (Å²) >= 11 is 0. The van der Waals surface area contributed by atoms with Crippen molar-refractivity contribution in [3.63, 3.8) is 0 Å². The summed E-state index contributed by atoms with van der Waals surface area (Å²) in [7, 11) is 0. The standard InChI is InChI=1S/C22H24N2O3/c1-4-26-20-12-11-17(14-21(20)27-5-2)13-19(15-23)22(25)24-16(3)18-9-7-6-8-10-18/h6-14,16H,4-5H2,1-3H3,(H,24,25)/b19-13+/t16-/m1/s1. The van der Waals surface area contributed by atoms with E-state index in [4.69, 9.17) is 9.47 Å². The van der Waals surface area contributed by atoms with E-state index in [1.54, 1.807) is 24.3 Å². The monoisotopic (exact) mass is 364 g/mol. The van der Waals surface area contributed by atoms with Crippen LogP contribution in [0.25, 0.3) is 6.08 Å². The van der Waals surface area contributed by atoms with Gasteiger partial charge in [0.05, 0.1) is 19.3 Å². The van der Waals surface area contributed by atoms with Crippen molar-refractivity contribution in [2.75, 3.05) is 13.2 Å². The third kappa shape index (κ3) is 5.61. The lowest BCUT2D eigenvalue weighted by molar-refractivity contribution is -0.117. The molecule has 2 aromatic carbocycles. The van der Waals surface area contributed by atoms with E-state index < -0.39 is 5.91 Å². The number of carbonyl (C=O) groups excluding carboxylic acids is 1. The minimum atomic E-state index is -0.416. The van der Waals surface area contributed by atoms with Crippen LogP contribution in [0.2, 0.25) is 0 Å². The fourth-order valence-electron chi connectivity index (χ4n) is 2.57. The van der Waals surface area contributed by atoms with Crippen LogP contribution in [0.5, 0.6) is 11.5 Å². The summed E-state index contributed by atoms with van der Waals surface area (Å²) in [4.78, 5) is 12.5. The Kier molecular flexibility index (Phi) is 7.45. The zero-order valence-electron chi connectivity index (χ0n) is 15.9. The molecule has 140 valence electrons. The van der Waals surface area contributed by atoms with Crippen LogP contribution in [0.15, 0.2) is 54.1 Å². The fourth-order valence-corrected chi connectivity index (χ4v) is 2.57. The molecule has 27 heavy (non-hydrogen) atoms. The second kappa shape index (κ2) is 10.0. The molecule has 5 heteroatoms. The third-order valence-corrected chi connectivity index (χ3v) is 3.89. The highest BCUT2D eigenvalue weighted by molar-refractivity contribution is 6.01.